The second-order valence-electron chi connectivity index (χ2n) is 4.86. The molecule has 0 radical (unpaired) electrons. The van der Waals surface area contributed by atoms with E-state index in [2.05, 4.69) is 9.97 Å². The lowest BCUT2D eigenvalue weighted by Crippen LogP contribution is -2.41. The van der Waals surface area contributed by atoms with Crippen LogP contribution < -0.4 is 5.46 Å². The van der Waals surface area contributed by atoms with Gasteiger partial charge in [0.1, 0.15) is 6.33 Å². The fraction of sp³-hybridized carbons (Fsp3) is 0.600. The first kappa shape index (κ1) is 11.5. The molecule has 0 saturated carbocycles. The minimum atomic E-state index is -0.744. The Bertz CT molecular complexity index is 396. The van der Waals surface area contributed by atoms with Gasteiger partial charge in [0.05, 0.1) is 16.7 Å². The van der Waals surface area contributed by atoms with Gasteiger partial charge in [-0.1, -0.05) is 0 Å². The molecular weight excluding hydrogens is 210 g/mol. The summed E-state index contributed by atoms with van der Waals surface area (Å²) in [7, 11) is -0.744. The van der Waals surface area contributed by atoms with E-state index < -0.39 is 24.3 Å². The van der Waals surface area contributed by atoms with E-state index in [1.54, 1.807) is 0 Å². The van der Waals surface area contributed by atoms with Crippen LogP contribution in [-0.4, -0.2) is 28.3 Å². The maximum Gasteiger partial charge on any atom is 0.501 e. The predicted octanol–water partition coefficient (Wildman–Crippen LogP) is 0.915. The van der Waals surface area contributed by atoms with Crippen molar-refractivity contribution in [2.45, 2.75) is 38.9 Å². The Morgan fingerprint density at radius 3 is 2.25 bits per heavy atom. The minimum absolute atomic E-state index is 0.237. The molecule has 2 rings (SSSR count). The van der Waals surface area contributed by atoms with Gasteiger partial charge < -0.3 is 9.31 Å². The fourth-order valence-corrected chi connectivity index (χ4v) is 1.45. The highest BCUT2D eigenvalue weighted by Crippen LogP contribution is 2.36. The van der Waals surface area contributed by atoms with Crippen LogP contribution in [0.5, 0.6) is 0 Å². The molecule has 86 valence electrons. The summed E-state index contributed by atoms with van der Waals surface area (Å²) in [5.74, 6) is -0.603. The molecule has 0 N–H and O–H groups in total. The molecule has 0 spiro atoms. The molecule has 4 nitrogen and oxygen atoms in total. The summed E-state index contributed by atoms with van der Waals surface area (Å²) in [6, 6.07) is 0. The Balaban J connectivity index is 2.31. The third kappa shape index (κ3) is 1.72. The first-order valence-corrected chi connectivity index (χ1v) is 5.14. The van der Waals surface area contributed by atoms with Crippen LogP contribution in [0.2, 0.25) is 0 Å². The topological polar surface area (TPSA) is 44.2 Å². The Kier molecular flexibility index (Phi) is 2.51. The smallest absolute Gasteiger partial charge is 0.399 e. The number of hydrogen-bond donors (Lipinski definition) is 0. The van der Waals surface area contributed by atoms with E-state index in [-0.39, 0.29) is 5.46 Å². The fourth-order valence-electron chi connectivity index (χ4n) is 1.45. The van der Waals surface area contributed by atoms with Gasteiger partial charge in [0, 0.05) is 6.20 Å². The van der Waals surface area contributed by atoms with Crippen molar-refractivity contribution < 1.29 is 13.7 Å². The van der Waals surface area contributed by atoms with Gasteiger partial charge in [-0.3, -0.25) is 0 Å². The summed E-state index contributed by atoms with van der Waals surface area (Å²) in [5, 5.41) is 0. The predicted molar refractivity (Wildman–Crippen MR) is 57.7 cm³/mol. The summed E-state index contributed by atoms with van der Waals surface area (Å²) in [6.45, 7) is 7.65. The maximum atomic E-state index is 13.4. The molecule has 6 heteroatoms. The summed E-state index contributed by atoms with van der Waals surface area (Å²) in [4.78, 5) is 7.26. The van der Waals surface area contributed by atoms with Crippen LogP contribution in [0, 0.1) is 5.95 Å². The van der Waals surface area contributed by atoms with Gasteiger partial charge in [0.25, 0.3) is 0 Å². The van der Waals surface area contributed by atoms with Crippen LogP contribution >= 0.6 is 0 Å². The highest BCUT2D eigenvalue weighted by Gasteiger charge is 2.52. The van der Waals surface area contributed by atoms with Crippen LogP contribution in [-0.2, 0) is 9.31 Å². The molecule has 16 heavy (non-hydrogen) atoms. The molecule has 1 aromatic heterocycles. The Hall–Kier alpha value is -1.01. The maximum absolute atomic E-state index is 13.4. The molecule has 0 unspecified atom stereocenters. The van der Waals surface area contributed by atoms with Crippen molar-refractivity contribution in [1.82, 2.24) is 9.97 Å². The van der Waals surface area contributed by atoms with Crippen LogP contribution in [0.25, 0.3) is 0 Å². The quantitative estimate of drug-likeness (QED) is 0.525. The molecule has 0 bridgehead atoms. The third-order valence-electron chi connectivity index (χ3n) is 3.20. The third-order valence-corrected chi connectivity index (χ3v) is 3.20. The molecule has 1 fully saturated rings. The zero-order chi connectivity index (χ0) is 12.0. The highest BCUT2D eigenvalue weighted by molar-refractivity contribution is 6.62. The largest absolute Gasteiger partial charge is 0.501 e. The van der Waals surface area contributed by atoms with Gasteiger partial charge in [0.2, 0.25) is 5.95 Å². The van der Waals surface area contributed by atoms with E-state index >= 15 is 0 Å². The van der Waals surface area contributed by atoms with Gasteiger partial charge in [0.15, 0.2) is 0 Å². The monoisotopic (exact) mass is 224 g/mol. The molecule has 1 saturated heterocycles. The second kappa shape index (κ2) is 3.50. The van der Waals surface area contributed by atoms with Gasteiger partial charge in [-0.05, 0) is 27.7 Å². The van der Waals surface area contributed by atoms with E-state index in [0.717, 1.165) is 6.33 Å². The molecule has 1 aliphatic heterocycles. The first-order valence-electron chi connectivity index (χ1n) is 5.14. The lowest BCUT2D eigenvalue weighted by atomic mass is 9.81. The van der Waals surface area contributed by atoms with Gasteiger partial charge in [-0.15, -0.1) is 0 Å². The molecule has 2 heterocycles. The zero-order valence-corrected chi connectivity index (χ0v) is 9.82. The minimum Gasteiger partial charge on any atom is -0.399 e. The van der Waals surface area contributed by atoms with E-state index in [1.165, 1.54) is 6.20 Å². The van der Waals surface area contributed by atoms with E-state index in [1.807, 2.05) is 27.7 Å². The summed E-state index contributed by atoms with van der Waals surface area (Å²) in [5.41, 5.74) is -0.735. The van der Waals surface area contributed by atoms with Gasteiger partial charge in [-0.25, -0.2) is 9.97 Å². The number of aromatic nitrogens is 2. The highest BCUT2D eigenvalue weighted by atomic mass is 19.1. The molecule has 0 amide bonds. The normalized spacial score (nSPS) is 22.4. The summed E-state index contributed by atoms with van der Waals surface area (Å²) >= 11 is 0. The summed E-state index contributed by atoms with van der Waals surface area (Å²) in [6.07, 6.45) is 2.54. The molecule has 0 aromatic carbocycles. The van der Waals surface area contributed by atoms with E-state index in [9.17, 15) is 4.39 Å². The van der Waals surface area contributed by atoms with Crippen molar-refractivity contribution in [1.29, 1.82) is 0 Å². The van der Waals surface area contributed by atoms with Crippen molar-refractivity contribution in [3.8, 4) is 0 Å². The van der Waals surface area contributed by atoms with Gasteiger partial charge >= 0.3 is 7.12 Å². The average Bonchev–Trinajstić information content (AvgIpc) is 2.36. The summed E-state index contributed by atoms with van der Waals surface area (Å²) < 4.78 is 24.8. The molecule has 0 atom stereocenters. The number of nitrogens with zero attached hydrogens (tertiary/aromatic N) is 2. The average molecular weight is 224 g/mol. The van der Waals surface area contributed by atoms with Crippen molar-refractivity contribution in [2.24, 2.45) is 0 Å². The molecular formula is C10H14BFN2O2. The van der Waals surface area contributed by atoms with Crippen LogP contribution in [0.4, 0.5) is 4.39 Å². The molecule has 1 aliphatic rings. The second-order valence-corrected chi connectivity index (χ2v) is 4.86. The van der Waals surface area contributed by atoms with Crippen LogP contribution in [0.15, 0.2) is 12.5 Å². The van der Waals surface area contributed by atoms with Crippen molar-refractivity contribution in [2.75, 3.05) is 0 Å². The number of hydrogen-bond acceptors (Lipinski definition) is 4. The van der Waals surface area contributed by atoms with E-state index in [0.29, 0.717) is 0 Å². The van der Waals surface area contributed by atoms with Crippen molar-refractivity contribution >= 4 is 12.6 Å². The zero-order valence-electron chi connectivity index (χ0n) is 9.82. The molecule has 1 aromatic rings. The Morgan fingerprint density at radius 1 is 1.19 bits per heavy atom. The lowest BCUT2D eigenvalue weighted by molar-refractivity contribution is 0.00578. The SMILES string of the molecule is CC1(C)OB(c2cncnc2F)OC1(C)C. The standard InChI is InChI=1S/C10H14BFN2O2/c1-9(2)10(3,4)16-11(15-9)7-5-13-6-14-8(7)12/h5-6H,1-4H3. The van der Waals surface area contributed by atoms with Crippen molar-refractivity contribution in [3.63, 3.8) is 0 Å². The van der Waals surface area contributed by atoms with Crippen LogP contribution in [0.3, 0.4) is 0 Å². The van der Waals surface area contributed by atoms with Crippen molar-refractivity contribution in [3.05, 3.63) is 18.5 Å². The number of rotatable bonds is 1. The molecule has 0 aliphatic carbocycles. The van der Waals surface area contributed by atoms with E-state index in [4.69, 9.17) is 9.31 Å². The Morgan fingerprint density at radius 2 is 1.75 bits per heavy atom. The van der Waals surface area contributed by atoms with Crippen LogP contribution in [0.1, 0.15) is 27.7 Å². The first-order chi connectivity index (χ1) is 7.33. The Labute approximate surface area is 94.3 Å². The lowest BCUT2D eigenvalue weighted by Gasteiger charge is -2.32. The number of halogens is 1. The van der Waals surface area contributed by atoms with Gasteiger partial charge in [-0.2, -0.15) is 4.39 Å².